The van der Waals surface area contributed by atoms with Crippen LogP contribution >= 0.6 is 0 Å². The van der Waals surface area contributed by atoms with E-state index < -0.39 is 10.0 Å². The summed E-state index contributed by atoms with van der Waals surface area (Å²) in [5.74, 6) is 0.129. The lowest BCUT2D eigenvalue weighted by molar-refractivity contribution is -0.134. The van der Waals surface area contributed by atoms with Crippen LogP contribution in [0.25, 0.3) is 0 Å². The van der Waals surface area contributed by atoms with Crippen LogP contribution in [0.2, 0.25) is 0 Å². The fourth-order valence-electron chi connectivity index (χ4n) is 4.95. The summed E-state index contributed by atoms with van der Waals surface area (Å²) < 4.78 is 45.9. The summed E-state index contributed by atoms with van der Waals surface area (Å²) in [6.45, 7) is 4.64. The average molecular weight is 611 g/mol. The number of carbonyl (C=O) groups excluding carboxylic acids is 2. The third-order valence-corrected chi connectivity index (χ3v) is 8.83. The summed E-state index contributed by atoms with van der Waals surface area (Å²) in [4.78, 5) is 34.6. The Morgan fingerprint density at radius 2 is 1.88 bits per heavy atom. The molecule has 0 saturated heterocycles. The summed E-state index contributed by atoms with van der Waals surface area (Å²) in [6, 6.07) is 14.0. The molecule has 1 N–H and O–H groups in total. The second kappa shape index (κ2) is 13.9. The van der Waals surface area contributed by atoms with Gasteiger partial charge in [0, 0.05) is 57.3 Å². The zero-order chi connectivity index (χ0) is 31.1. The summed E-state index contributed by atoms with van der Waals surface area (Å²) >= 11 is 0. The Hall–Kier alpha value is -4.16. The predicted molar refractivity (Wildman–Crippen MR) is 162 cm³/mol. The lowest BCUT2D eigenvalue weighted by atomic mass is 10.0. The number of methoxy groups -OCH3 is 2. The number of nitrogens with one attached hydrogen (secondary N) is 1. The van der Waals surface area contributed by atoms with Gasteiger partial charge in [-0.3, -0.25) is 19.3 Å². The van der Waals surface area contributed by atoms with E-state index in [4.69, 9.17) is 14.2 Å². The molecule has 1 aromatic heterocycles. The van der Waals surface area contributed by atoms with E-state index in [9.17, 15) is 18.0 Å². The van der Waals surface area contributed by atoms with E-state index in [-0.39, 0.29) is 71.3 Å². The standard InChI is InChI=1S/C31H38N4O7S/c1-21-18-35(30(36)14-23-8-7-13-32-17-23)22(2)20-42-28-12-11-24(15-27(28)31(37)34(3)19-29(21)41-5)33-43(38,39)26-10-6-9-25(16-26)40-4/h6-13,15-17,21-22,29,33H,14,18-20H2,1-5H3/t21-,22-,29-/m0/s1. The lowest BCUT2D eigenvalue weighted by Gasteiger charge is -2.36. The SMILES string of the molecule is COc1cccc(S(=O)(=O)Nc2ccc3c(c2)C(=O)N(C)C[C@H](OC)[C@@H](C)CN(C(=O)Cc2cccnc2)[C@@H](C)CO3)c1. The van der Waals surface area contributed by atoms with Gasteiger partial charge >= 0.3 is 0 Å². The van der Waals surface area contributed by atoms with Gasteiger partial charge in [0.1, 0.15) is 18.1 Å². The highest BCUT2D eigenvalue weighted by Crippen LogP contribution is 2.28. The van der Waals surface area contributed by atoms with Crippen molar-refractivity contribution in [2.75, 3.05) is 45.7 Å². The number of hydrogen-bond acceptors (Lipinski definition) is 8. The molecule has 0 saturated carbocycles. The average Bonchev–Trinajstić information content (AvgIpc) is 3.00. The molecular weight excluding hydrogens is 572 g/mol. The van der Waals surface area contributed by atoms with Crippen LogP contribution in [0.4, 0.5) is 5.69 Å². The number of benzene rings is 2. The van der Waals surface area contributed by atoms with Gasteiger partial charge in [-0.25, -0.2) is 8.42 Å². The number of likely N-dealkylation sites (N-methyl/N-ethyl adjacent to an activating group) is 1. The van der Waals surface area contributed by atoms with E-state index in [1.807, 2.05) is 19.9 Å². The van der Waals surface area contributed by atoms with Crippen molar-refractivity contribution < 1.29 is 32.2 Å². The van der Waals surface area contributed by atoms with Gasteiger partial charge in [-0.05, 0) is 48.9 Å². The molecule has 2 aromatic carbocycles. The fourth-order valence-corrected chi connectivity index (χ4v) is 6.03. The second-order valence-electron chi connectivity index (χ2n) is 10.7. The summed E-state index contributed by atoms with van der Waals surface area (Å²) in [5.41, 5.74) is 1.18. The highest BCUT2D eigenvalue weighted by atomic mass is 32.2. The Morgan fingerprint density at radius 3 is 2.58 bits per heavy atom. The number of pyridine rings is 1. The first-order valence-corrected chi connectivity index (χ1v) is 15.4. The van der Waals surface area contributed by atoms with Gasteiger partial charge < -0.3 is 24.0 Å². The van der Waals surface area contributed by atoms with Crippen LogP contribution in [0, 0.1) is 5.92 Å². The number of hydrogen-bond donors (Lipinski definition) is 1. The number of fused-ring (bicyclic) bond motifs is 1. The Labute approximate surface area is 252 Å². The van der Waals surface area contributed by atoms with E-state index in [0.717, 1.165) is 5.56 Å². The summed E-state index contributed by atoms with van der Waals surface area (Å²) in [7, 11) is 0.709. The third kappa shape index (κ3) is 7.82. The van der Waals surface area contributed by atoms with Gasteiger partial charge in [-0.1, -0.05) is 19.1 Å². The third-order valence-electron chi connectivity index (χ3n) is 7.45. The Bertz CT molecular complexity index is 1530. The first-order chi connectivity index (χ1) is 20.5. The van der Waals surface area contributed by atoms with E-state index >= 15 is 0 Å². The molecule has 12 heteroatoms. The van der Waals surface area contributed by atoms with Gasteiger partial charge in [0.2, 0.25) is 5.91 Å². The van der Waals surface area contributed by atoms with Crippen molar-refractivity contribution in [2.24, 2.45) is 5.92 Å². The molecule has 0 fully saturated rings. The molecule has 3 atom stereocenters. The van der Waals surface area contributed by atoms with Crippen LogP contribution in [0.5, 0.6) is 11.5 Å². The van der Waals surface area contributed by atoms with Crippen molar-refractivity contribution >= 4 is 27.5 Å². The van der Waals surface area contributed by atoms with Crippen LogP contribution in [0.3, 0.4) is 0 Å². The minimum Gasteiger partial charge on any atom is -0.497 e. The van der Waals surface area contributed by atoms with Crippen molar-refractivity contribution in [1.29, 1.82) is 0 Å². The van der Waals surface area contributed by atoms with Crippen molar-refractivity contribution in [3.8, 4) is 11.5 Å². The minimum absolute atomic E-state index is 0.0149. The Morgan fingerprint density at radius 1 is 1.09 bits per heavy atom. The van der Waals surface area contributed by atoms with E-state index in [1.54, 1.807) is 55.7 Å². The zero-order valence-corrected chi connectivity index (χ0v) is 25.8. The van der Waals surface area contributed by atoms with Crippen molar-refractivity contribution in [3.63, 3.8) is 0 Å². The van der Waals surface area contributed by atoms with Crippen LogP contribution < -0.4 is 14.2 Å². The summed E-state index contributed by atoms with van der Waals surface area (Å²) in [5, 5.41) is 0. The monoisotopic (exact) mass is 610 g/mol. The number of nitrogens with zero attached hydrogens (tertiary/aromatic N) is 3. The molecule has 0 aliphatic carbocycles. The smallest absolute Gasteiger partial charge is 0.262 e. The number of rotatable bonds is 7. The van der Waals surface area contributed by atoms with Gasteiger partial charge in [0.05, 0.1) is 36.1 Å². The van der Waals surface area contributed by atoms with Crippen LogP contribution in [-0.4, -0.2) is 88.1 Å². The molecule has 4 rings (SSSR count). The van der Waals surface area contributed by atoms with Crippen LogP contribution in [0.1, 0.15) is 29.8 Å². The highest BCUT2D eigenvalue weighted by Gasteiger charge is 2.30. The number of ether oxygens (including phenoxy) is 3. The van der Waals surface area contributed by atoms with Crippen molar-refractivity contribution in [3.05, 3.63) is 78.1 Å². The topological polar surface area (TPSA) is 127 Å². The number of anilines is 1. The van der Waals surface area contributed by atoms with Gasteiger partial charge in [-0.2, -0.15) is 0 Å². The van der Waals surface area contributed by atoms with Crippen molar-refractivity contribution in [2.45, 2.75) is 37.3 Å². The predicted octanol–water partition coefficient (Wildman–Crippen LogP) is 3.47. The second-order valence-corrected chi connectivity index (χ2v) is 12.4. The maximum Gasteiger partial charge on any atom is 0.262 e. The van der Waals surface area contributed by atoms with E-state index in [2.05, 4.69) is 9.71 Å². The van der Waals surface area contributed by atoms with Crippen molar-refractivity contribution in [1.82, 2.24) is 14.8 Å². The largest absolute Gasteiger partial charge is 0.497 e. The van der Waals surface area contributed by atoms with Gasteiger partial charge in [0.25, 0.3) is 15.9 Å². The van der Waals surface area contributed by atoms with E-state index in [0.29, 0.717) is 12.3 Å². The molecular formula is C31H38N4O7S. The van der Waals surface area contributed by atoms with Gasteiger partial charge in [0.15, 0.2) is 0 Å². The molecule has 1 aliphatic heterocycles. The molecule has 11 nitrogen and oxygen atoms in total. The normalized spacial score (nSPS) is 19.8. The maximum absolute atomic E-state index is 13.7. The number of amides is 2. The maximum atomic E-state index is 13.7. The summed E-state index contributed by atoms with van der Waals surface area (Å²) in [6.07, 6.45) is 3.16. The number of carbonyl (C=O) groups is 2. The van der Waals surface area contributed by atoms with Crippen LogP contribution in [-0.2, 0) is 26.0 Å². The zero-order valence-electron chi connectivity index (χ0n) is 25.0. The highest BCUT2D eigenvalue weighted by molar-refractivity contribution is 7.92. The molecule has 3 aromatic rings. The molecule has 0 radical (unpaired) electrons. The molecule has 1 aliphatic rings. The number of sulfonamides is 1. The Kier molecular flexibility index (Phi) is 10.3. The van der Waals surface area contributed by atoms with Gasteiger partial charge in [-0.15, -0.1) is 0 Å². The first kappa shape index (κ1) is 31.8. The molecule has 2 heterocycles. The van der Waals surface area contributed by atoms with E-state index in [1.165, 1.54) is 36.3 Å². The molecule has 0 unspecified atom stereocenters. The molecule has 230 valence electrons. The van der Waals surface area contributed by atoms with Crippen LogP contribution in [0.15, 0.2) is 71.9 Å². The molecule has 43 heavy (non-hydrogen) atoms. The minimum atomic E-state index is -3.98. The Balaban J connectivity index is 1.65. The molecule has 0 bridgehead atoms. The molecule has 0 spiro atoms. The lowest BCUT2D eigenvalue weighted by Crippen LogP contribution is -2.49. The first-order valence-electron chi connectivity index (χ1n) is 13.9. The number of aromatic nitrogens is 1. The quantitative estimate of drug-likeness (QED) is 0.431. The molecule has 2 amide bonds. The fraction of sp³-hybridized carbons (Fsp3) is 0.387.